The fraction of sp³-hybridized carbons (Fsp3) is 0.381. The maximum atomic E-state index is 12.1. The first kappa shape index (κ1) is 19.0. The molecule has 1 aliphatic heterocycles. The molecule has 2 aromatic carbocycles. The molecular weight excluding hydrogens is 344 g/mol. The van der Waals surface area contributed by atoms with Gasteiger partial charge in [0.05, 0.1) is 19.0 Å². The molecule has 1 saturated heterocycles. The number of morpholine rings is 1. The van der Waals surface area contributed by atoms with Crippen LogP contribution in [-0.2, 0) is 22.6 Å². The molecule has 4 nitrogen and oxygen atoms in total. The predicted octanol–water partition coefficient (Wildman–Crippen LogP) is 3.24. The van der Waals surface area contributed by atoms with Gasteiger partial charge >= 0.3 is 0 Å². The van der Waals surface area contributed by atoms with E-state index in [1.54, 1.807) is 11.8 Å². The summed E-state index contributed by atoms with van der Waals surface area (Å²) < 4.78 is 5.38. The Balaban J connectivity index is 1.41. The van der Waals surface area contributed by atoms with E-state index in [0.29, 0.717) is 12.3 Å². The van der Waals surface area contributed by atoms with Crippen LogP contribution in [0.3, 0.4) is 0 Å². The quantitative estimate of drug-likeness (QED) is 0.760. The highest BCUT2D eigenvalue weighted by Crippen LogP contribution is 2.21. The summed E-state index contributed by atoms with van der Waals surface area (Å²) in [6.07, 6.45) is 0. The van der Waals surface area contributed by atoms with E-state index in [0.717, 1.165) is 43.3 Å². The van der Waals surface area contributed by atoms with E-state index in [4.69, 9.17) is 4.74 Å². The van der Waals surface area contributed by atoms with Crippen molar-refractivity contribution in [3.8, 4) is 0 Å². The van der Waals surface area contributed by atoms with Crippen LogP contribution in [0.25, 0.3) is 0 Å². The summed E-state index contributed by atoms with van der Waals surface area (Å²) in [5.41, 5.74) is 3.64. The van der Waals surface area contributed by atoms with E-state index in [1.807, 2.05) is 12.1 Å². The van der Waals surface area contributed by atoms with Crippen molar-refractivity contribution < 1.29 is 9.53 Å². The van der Waals surface area contributed by atoms with Gasteiger partial charge in [-0.05, 0) is 29.7 Å². The lowest BCUT2D eigenvalue weighted by atomic mass is 10.1. The summed E-state index contributed by atoms with van der Waals surface area (Å²) >= 11 is 1.58. The van der Waals surface area contributed by atoms with Gasteiger partial charge in [0.1, 0.15) is 0 Å². The Kier molecular flexibility index (Phi) is 7.12. The zero-order valence-electron chi connectivity index (χ0n) is 15.2. The van der Waals surface area contributed by atoms with Gasteiger partial charge in [0.15, 0.2) is 0 Å². The highest BCUT2D eigenvalue weighted by Gasteiger charge is 2.10. The number of thioether (sulfide) groups is 1. The lowest BCUT2D eigenvalue weighted by Gasteiger charge is -2.26. The van der Waals surface area contributed by atoms with Crippen LogP contribution in [0.15, 0.2) is 53.4 Å². The Hall–Kier alpha value is -1.82. The lowest BCUT2D eigenvalue weighted by Crippen LogP contribution is -2.35. The molecule has 1 amide bonds. The maximum Gasteiger partial charge on any atom is 0.230 e. The van der Waals surface area contributed by atoms with Crippen molar-refractivity contribution in [3.05, 3.63) is 65.2 Å². The van der Waals surface area contributed by atoms with Gasteiger partial charge in [-0.2, -0.15) is 0 Å². The third-order valence-electron chi connectivity index (χ3n) is 4.47. The number of benzene rings is 2. The molecule has 1 aliphatic rings. The van der Waals surface area contributed by atoms with Crippen molar-refractivity contribution in [1.82, 2.24) is 10.2 Å². The third-order valence-corrected chi connectivity index (χ3v) is 5.65. The molecule has 5 heteroatoms. The maximum absolute atomic E-state index is 12.1. The van der Waals surface area contributed by atoms with Crippen LogP contribution in [0.1, 0.15) is 16.7 Å². The third kappa shape index (κ3) is 5.87. The summed E-state index contributed by atoms with van der Waals surface area (Å²) in [6.45, 7) is 7.24. The summed E-state index contributed by atoms with van der Waals surface area (Å²) in [5.74, 6) is 0.510. The Morgan fingerprint density at radius 2 is 1.77 bits per heavy atom. The molecule has 1 N–H and O–H groups in total. The van der Waals surface area contributed by atoms with Gasteiger partial charge in [-0.3, -0.25) is 9.69 Å². The van der Waals surface area contributed by atoms with Crippen LogP contribution in [-0.4, -0.2) is 42.9 Å². The summed E-state index contributed by atoms with van der Waals surface area (Å²) in [5, 5.41) is 3.00. The molecule has 26 heavy (non-hydrogen) atoms. The normalized spacial score (nSPS) is 15.0. The number of ether oxygens (including phenoxy) is 1. The van der Waals surface area contributed by atoms with Gasteiger partial charge in [-0.25, -0.2) is 0 Å². The van der Waals surface area contributed by atoms with E-state index in [-0.39, 0.29) is 5.91 Å². The van der Waals surface area contributed by atoms with Crippen LogP contribution in [0.5, 0.6) is 0 Å². The number of nitrogens with zero attached hydrogens (tertiary/aromatic N) is 1. The summed E-state index contributed by atoms with van der Waals surface area (Å²) in [7, 11) is 0. The minimum atomic E-state index is 0.0654. The van der Waals surface area contributed by atoms with Crippen LogP contribution in [0, 0.1) is 6.92 Å². The standard InChI is InChI=1S/C21H26N2O2S/c1-17-4-2-3-5-20(17)26-16-21(24)22-14-18-6-8-19(9-7-18)15-23-10-12-25-13-11-23/h2-9H,10-16H2,1H3,(H,22,24). The number of carbonyl (C=O) groups excluding carboxylic acids is 1. The minimum Gasteiger partial charge on any atom is -0.379 e. The topological polar surface area (TPSA) is 41.6 Å². The molecule has 0 saturated carbocycles. The summed E-state index contributed by atoms with van der Waals surface area (Å²) in [6, 6.07) is 16.7. The average molecular weight is 371 g/mol. The SMILES string of the molecule is Cc1ccccc1SCC(=O)NCc1ccc(CN2CCOCC2)cc1. The second kappa shape index (κ2) is 9.76. The second-order valence-electron chi connectivity index (χ2n) is 6.54. The molecule has 3 rings (SSSR count). The molecule has 138 valence electrons. The van der Waals surface area contributed by atoms with Crippen LogP contribution in [0.4, 0.5) is 0 Å². The fourth-order valence-corrected chi connectivity index (χ4v) is 3.75. The molecule has 2 aromatic rings. The predicted molar refractivity (Wildman–Crippen MR) is 106 cm³/mol. The van der Waals surface area contributed by atoms with Gasteiger partial charge < -0.3 is 10.1 Å². The Labute approximate surface area is 159 Å². The molecule has 0 aromatic heterocycles. The van der Waals surface area contributed by atoms with Crippen molar-refractivity contribution in [2.24, 2.45) is 0 Å². The molecule has 0 atom stereocenters. The van der Waals surface area contributed by atoms with Crippen LogP contribution < -0.4 is 5.32 Å². The number of aryl methyl sites for hydroxylation is 1. The van der Waals surface area contributed by atoms with Gasteiger partial charge in [0.2, 0.25) is 5.91 Å². The first-order valence-electron chi connectivity index (χ1n) is 9.04. The van der Waals surface area contributed by atoms with Gasteiger partial charge in [-0.1, -0.05) is 42.5 Å². The second-order valence-corrected chi connectivity index (χ2v) is 7.55. The van der Waals surface area contributed by atoms with Crippen LogP contribution >= 0.6 is 11.8 Å². The van der Waals surface area contributed by atoms with Crippen molar-refractivity contribution in [2.45, 2.75) is 24.9 Å². The van der Waals surface area contributed by atoms with Crippen LogP contribution in [0.2, 0.25) is 0 Å². The molecule has 0 spiro atoms. The Bertz CT molecular complexity index is 712. The van der Waals surface area contributed by atoms with Crippen molar-refractivity contribution >= 4 is 17.7 Å². The Morgan fingerprint density at radius 1 is 1.08 bits per heavy atom. The monoisotopic (exact) mass is 370 g/mol. The van der Waals surface area contributed by atoms with E-state index < -0.39 is 0 Å². The number of amides is 1. The van der Waals surface area contributed by atoms with E-state index in [1.165, 1.54) is 11.1 Å². The first-order valence-corrected chi connectivity index (χ1v) is 10.0. The molecule has 0 radical (unpaired) electrons. The number of hydrogen-bond donors (Lipinski definition) is 1. The van der Waals surface area contributed by atoms with E-state index >= 15 is 0 Å². The number of nitrogens with one attached hydrogen (secondary N) is 1. The number of hydrogen-bond acceptors (Lipinski definition) is 4. The van der Waals surface area contributed by atoms with E-state index in [2.05, 4.69) is 53.5 Å². The summed E-state index contributed by atoms with van der Waals surface area (Å²) in [4.78, 5) is 15.6. The lowest BCUT2D eigenvalue weighted by molar-refractivity contribution is -0.118. The van der Waals surface area contributed by atoms with Gasteiger partial charge in [0, 0.05) is 31.1 Å². The Morgan fingerprint density at radius 3 is 2.50 bits per heavy atom. The highest BCUT2D eigenvalue weighted by molar-refractivity contribution is 8.00. The van der Waals surface area contributed by atoms with Crippen molar-refractivity contribution in [1.29, 1.82) is 0 Å². The molecule has 1 heterocycles. The fourth-order valence-electron chi connectivity index (χ4n) is 2.89. The molecule has 0 bridgehead atoms. The molecule has 0 aliphatic carbocycles. The minimum absolute atomic E-state index is 0.0654. The number of rotatable bonds is 7. The van der Waals surface area contributed by atoms with Crippen molar-refractivity contribution in [3.63, 3.8) is 0 Å². The molecule has 0 unspecified atom stereocenters. The zero-order chi connectivity index (χ0) is 18.2. The smallest absolute Gasteiger partial charge is 0.230 e. The molecular formula is C21H26N2O2S. The highest BCUT2D eigenvalue weighted by atomic mass is 32.2. The van der Waals surface area contributed by atoms with E-state index in [9.17, 15) is 4.79 Å². The molecule has 1 fully saturated rings. The number of carbonyl (C=O) groups is 1. The van der Waals surface area contributed by atoms with Crippen molar-refractivity contribution in [2.75, 3.05) is 32.1 Å². The zero-order valence-corrected chi connectivity index (χ0v) is 16.1. The first-order chi connectivity index (χ1) is 12.7. The van der Waals surface area contributed by atoms with Gasteiger partial charge in [0.25, 0.3) is 0 Å². The van der Waals surface area contributed by atoms with Gasteiger partial charge in [-0.15, -0.1) is 11.8 Å². The average Bonchev–Trinajstić information content (AvgIpc) is 2.68. The largest absolute Gasteiger partial charge is 0.379 e.